The third-order valence-corrected chi connectivity index (χ3v) is 3.06. The Morgan fingerprint density at radius 3 is 2.75 bits per heavy atom. The van der Waals surface area contributed by atoms with Gasteiger partial charge in [-0.2, -0.15) is 14.6 Å². The van der Waals surface area contributed by atoms with Crippen molar-refractivity contribution in [3.05, 3.63) is 17.6 Å². The van der Waals surface area contributed by atoms with Gasteiger partial charge in [0.1, 0.15) is 12.1 Å². The highest BCUT2D eigenvalue weighted by Gasteiger charge is 2.29. The number of hydrogen-bond donors (Lipinski definition) is 0. The Bertz CT molecular complexity index is 539. The third-order valence-electron chi connectivity index (χ3n) is 3.06. The van der Waals surface area contributed by atoms with E-state index in [1.165, 1.54) is 24.1 Å². The fraction of sp³-hybridized carbons (Fsp3) is 0.545. The normalized spacial score (nSPS) is 15.7. The first kappa shape index (κ1) is 9.57. The van der Waals surface area contributed by atoms with Crippen molar-refractivity contribution in [3.63, 3.8) is 0 Å². The summed E-state index contributed by atoms with van der Waals surface area (Å²) in [5, 5.41) is 4.22. The van der Waals surface area contributed by atoms with Crippen LogP contribution in [0, 0.1) is 6.92 Å². The van der Waals surface area contributed by atoms with Crippen molar-refractivity contribution >= 4 is 11.6 Å². The fourth-order valence-corrected chi connectivity index (χ4v) is 2.21. The standard InChI is InChI=1S/C11H15N5/c1-7-9(8-4-5-8)14-11-12-6-13-16(11)10(7)15(2)3/h6,8H,4-5H2,1-3H3. The maximum absolute atomic E-state index is 4.60. The van der Waals surface area contributed by atoms with Gasteiger partial charge in [-0.3, -0.25) is 0 Å². The Hall–Kier alpha value is -1.65. The molecule has 5 heteroatoms. The molecule has 2 aromatic rings. The second-order valence-corrected chi connectivity index (χ2v) is 4.59. The quantitative estimate of drug-likeness (QED) is 0.762. The molecular formula is C11H15N5. The van der Waals surface area contributed by atoms with E-state index in [2.05, 4.69) is 26.9 Å². The van der Waals surface area contributed by atoms with Gasteiger partial charge in [-0.15, -0.1) is 0 Å². The van der Waals surface area contributed by atoms with Gasteiger partial charge < -0.3 is 4.90 Å². The highest BCUT2D eigenvalue weighted by Crippen LogP contribution is 2.42. The van der Waals surface area contributed by atoms with E-state index in [-0.39, 0.29) is 0 Å². The number of anilines is 1. The minimum atomic E-state index is 0.639. The Morgan fingerprint density at radius 2 is 2.12 bits per heavy atom. The van der Waals surface area contributed by atoms with Crippen LogP contribution in [0.2, 0.25) is 0 Å². The van der Waals surface area contributed by atoms with Gasteiger partial charge in [-0.1, -0.05) is 0 Å². The van der Waals surface area contributed by atoms with Gasteiger partial charge in [0, 0.05) is 25.6 Å². The molecule has 1 aliphatic carbocycles. The van der Waals surface area contributed by atoms with E-state index in [4.69, 9.17) is 0 Å². The number of fused-ring (bicyclic) bond motifs is 1. The molecule has 16 heavy (non-hydrogen) atoms. The topological polar surface area (TPSA) is 46.3 Å². The predicted octanol–water partition coefficient (Wildman–Crippen LogP) is 1.38. The zero-order valence-corrected chi connectivity index (χ0v) is 9.80. The van der Waals surface area contributed by atoms with Crippen LogP contribution in [0.4, 0.5) is 5.82 Å². The molecule has 0 amide bonds. The van der Waals surface area contributed by atoms with Crippen molar-refractivity contribution in [2.75, 3.05) is 19.0 Å². The van der Waals surface area contributed by atoms with Gasteiger partial charge >= 0.3 is 0 Å². The van der Waals surface area contributed by atoms with E-state index in [1.54, 1.807) is 10.8 Å². The molecule has 0 aliphatic heterocycles. The van der Waals surface area contributed by atoms with E-state index >= 15 is 0 Å². The van der Waals surface area contributed by atoms with Crippen LogP contribution in [0.3, 0.4) is 0 Å². The van der Waals surface area contributed by atoms with Crippen LogP contribution in [0.25, 0.3) is 5.78 Å². The zero-order valence-electron chi connectivity index (χ0n) is 9.80. The third kappa shape index (κ3) is 1.27. The number of hydrogen-bond acceptors (Lipinski definition) is 4. The molecule has 0 bridgehead atoms. The van der Waals surface area contributed by atoms with Gasteiger partial charge in [0.15, 0.2) is 0 Å². The van der Waals surface area contributed by atoms with E-state index in [0.29, 0.717) is 11.7 Å². The SMILES string of the molecule is Cc1c(C2CC2)nc2ncnn2c1N(C)C. The Morgan fingerprint density at radius 1 is 1.38 bits per heavy atom. The molecule has 0 atom stereocenters. The predicted molar refractivity (Wildman–Crippen MR) is 61.8 cm³/mol. The van der Waals surface area contributed by atoms with Crippen molar-refractivity contribution in [3.8, 4) is 0 Å². The second kappa shape index (κ2) is 3.17. The molecule has 5 nitrogen and oxygen atoms in total. The largest absolute Gasteiger partial charge is 0.362 e. The van der Waals surface area contributed by atoms with Crippen LogP contribution < -0.4 is 4.90 Å². The first-order valence-corrected chi connectivity index (χ1v) is 5.56. The molecule has 1 fully saturated rings. The molecule has 3 rings (SSSR count). The molecular weight excluding hydrogens is 202 g/mol. The van der Waals surface area contributed by atoms with E-state index < -0.39 is 0 Å². The molecule has 0 aromatic carbocycles. The van der Waals surface area contributed by atoms with Crippen LogP contribution in [0.1, 0.15) is 30.0 Å². The lowest BCUT2D eigenvalue weighted by molar-refractivity contribution is 0.857. The molecule has 0 N–H and O–H groups in total. The van der Waals surface area contributed by atoms with Crippen molar-refractivity contribution in [2.24, 2.45) is 0 Å². The minimum Gasteiger partial charge on any atom is -0.362 e. The highest BCUT2D eigenvalue weighted by atomic mass is 15.4. The molecule has 0 spiro atoms. The second-order valence-electron chi connectivity index (χ2n) is 4.59. The van der Waals surface area contributed by atoms with Crippen molar-refractivity contribution in [1.82, 2.24) is 19.6 Å². The van der Waals surface area contributed by atoms with Crippen molar-refractivity contribution in [2.45, 2.75) is 25.7 Å². The summed E-state index contributed by atoms with van der Waals surface area (Å²) in [6.07, 6.45) is 4.07. The van der Waals surface area contributed by atoms with Gasteiger partial charge in [-0.25, -0.2) is 4.98 Å². The van der Waals surface area contributed by atoms with Crippen molar-refractivity contribution in [1.29, 1.82) is 0 Å². The van der Waals surface area contributed by atoms with Gasteiger partial charge in [0.05, 0.1) is 5.69 Å². The summed E-state index contributed by atoms with van der Waals surface area (Å²) in [5.41, 5.74) is 2.43. The first-order valence-electron chi connectivity index (χ1n) is 5.56. The summed E-state index contributed by atoms with van der Waals surface area (Å²) < 4.78 is 1.81. The maximum Gasteiger partial charge on any atom is 0.254 e. The lowest BCUT2D eigenvalue weighted by Gasteiger charge is -2.18. The molecule has 0 saturated heterocycles. The lowest BCUT2D eigenvalue weighted by Crippen LogP contribution is -2.17. The van der Waals surface area contributed by atoms with Gasteiger partial charge in [0.25, 0.3) is 5.78 Å². The summed E-state index contributed by atoms with van der Waals surface area (Å²) in [7, 11) is 4.06. The summed E-state index contributed by atoms with van der Waals surface area (Å²) in [6, 6.07) is 0. The van der Waals surface area contributed by atoms with Crippen LogP contribution in [-0.2, 0) is 0 Å². The zero-order chi connectivity index (χ0) is 11.3. The highest BCUT2D eigenvalue weighted by molar-refractivity contribution is 5.54. The monoisotopic (exact) mass is 217 g/mol. The van der Waals surface area contributed by atoms with Crippen LogP contribution >= 0.6 is 0 Å². The summed E-state index contributed by atoms with van der Waals surface area (Å²) in [6.45, 7) is 2.12. The molecule has 0 radical (unpaired) electrons. The number of nitrogens with zero attached hydrogens (tertiary/aromatic N) is 5. The Labute approximate surface area is 94.1 Å². The molecule has 0 unspecified atom stereocenters. The molecule has 84 valence electrons. The Balaban J connectivity index is 2.32. The molecule has 2 aromatic heterocycles. The van der Waals surface area contributed by atoms with Crippen LogP contribution in [0.15, 0.2) is 6.33 Å². The van der Waals surface area contributed by atoms with Crippen LogP contribution in [0.5, 0.6) is 0 Å². The van der Waals surface area contributed by atoms with Crippen molar-refractivity contribution < 1.29 is 0 Å². The summed E-state index contributed by atoms with van der Waals surface area (Å²) >= 11 is 0. The van der Waals surface area contributed by atoms with Gasteiger partial charge in [0.2, 0.25) is 0 Å². The van der Waals surface area contributed by atoms with E-state index in [9.17, 15) is 0 Å². The smallest absolute Gasteiger partial charge is 0.254 e. The summed E-state index contributed by atoms with van der Waals surface area (Å²) in [4.78, 5) is 10.9. The molecule has 2 heterocycles. The van der Waals surface area contributed by atoms with E-state index in [1.807, 2.05) is 14.1 Å². The average Bonchev–Trinajstić information content (AvgIpc) is 2.96. The first-order chi connectivity index (χ1) is 7.68. The number of rotatable bonds is 2. The fourth-order valence-electron chi connectivity index (χ4n) is 2.21. The molecule has 1 aliphatic rings. The van der Waals surface area contributed by atoms with Gasteiger partial charge in [-0.05, 0) is 19.8 Å². The minimum absolute atomic E-state index is 0.639. The number of aromatic nitrogens is 4. The maximum atomic E-state index is 4.60. The lowest BCUT2D eigenvalue weighted by atomic mass is 10.1. The van der Waals surface area contributed by atoms with Crippen LogP contribution in [-0.4, -0.2) is 33.7 Å². The van der Waals surface area contributed by atoms with E-state index in [0.717, 1.165) is 5.82 Å². The average molecular weight is 217 g/mol. The molecule has 1 saturated carbocycles. The summed E-state index contributed by atoms with van der Waals surface area (Å²) in [5.74, 6) is 2.43. The Kier molecular flexibility index (Phi) is 1.89.